The van der Waals surface area contributed by atoms with Crippen molar-refractivity contribution >= 4 is 29.2 Å². The lowest BCUT2D eigenvalue weighted by molar-refractivity contribution is -0.384. The van der Waals surface area contributed by atoms with Crippen LogP contribution in [0.3, 0.4) is 0 Å². The number of hydrogen-bond donors (Lipinski definition) is 3. The fourth-order valence-corrected chi connectivity index (χ4v) is 1.58. The van der Waals surface area contributed by atoms with Crippen LogP contribution in [-0.4, -0.2) is 33.9 Å². The molecule has 0 aromatic heterocycles. The van der Waals surface area contributed by atoms with Crippen molar-refractivity contribution in [3.05, 3.63) is 34.4 Å². The number of amides is 2. The zero-order chi connectivity index (χ0) is 16.7. The number of hydrogen-bond acceptors (Lipinski definition) is 5. The zero-order valence-corrected chi connectivity index (χ0v) is 11.7. The average Bonchev–Trinajstić information content (AvgIpc) is 2.46. The summed E-state index contributed by atoms with van der Waals surface area (Å²) in [4.78, 5) is 44.0. The van der Waals surface area contributed by atoms with E-state index in [4.69, 9.17) is 5.11 Å². The number of benzene rings is 1. The average molecular weight is 309 g/mol. The van der Waals surface area contributed by atoms with Crippen molar-refractivity contribution in [3.63, 3.8) is 0 Å². The molecule has 1 rings (SSSR count). The summed E-state index contributed by atoms with van der Waals surface area (Å²) in [5, 5.41) is 24.0. The van der Waals surface area contributed by atoms with Crippen LogP contribution in [0, 0.1) is 10.1 Å². The van der Waals surface area contributed by atoms with Gasteiger partial charge in [-0.3, -0.25) is 24.5 Å². The highest BCUT2D eigenvalue weighted by atomic mass is 16.6. The Bertz CT molecular complexity index is 584. The molecule has 9 heteroatoms. The highest BCUT2D eigenvalue weighted by Gasteiger charge is 2.23. The van der Waals surface area contributed by atoms with E-state index in [1.165, 1.54) is 24.3 Å². The second-order valence-corrected chi connectivity index (χ2v) is 4.36. The van der Waals surface area contributed by atoms with Crippen molar-refractivity contribution in [2.45, 2.75) is 25.8 Å². The van der Waals surface area contributed by atoms with Crippen molar-refractivity contribution in [2.24, 2.45) is 0 Å². The van der Waals surface area contributed by atoms with Gasteiger partial charge < -0.3 is 15.7 Å². The smallest absolute Gasteiger partial charge is 0.305 e. The number of nitrogens with zero attached hydrogens (tertiary/aromatic N) is 1. The highest BCUT2D eigenvalue weighted by molar-refractivity contribution is 5.99. The van der Waals surface area contributed by atoms with E-state index in [2.05, 4.69) is 10.6 Å². The maximum Gasteiger partial charge on any atom is 0.305 e. The van der Waals surface area contributed by atoms with Gasteiger partial charge >= 0.3 is 5.97 Å². The van der Waals surface area contributed by atoms with E-state index >= 15 is 0 Å². The summed E-state index contributed by atoms with van der Waals surface area (Å²) in [5.74, 6) is -2.40. The molecular weight excluding hydrogens is 294 g/mol. The molecule has 0 fully saturated rings. The molecule has 118 valence electrons. The molecule has 22 heavy (non-hydrogen) atoms. The van der Waals surface area contributed by atoms with Crippen LogP contribution in [0.2, 0.25) is 0 Å². The minimum Gasteiger partial charge on any atom is -0.481 e. The van der Waals surface area contributed by atoms with Gasteiger partial charge in [-0.1, -0.05) is 6.92 Å². The lowest BCUT2D eigenvalue weighted by Crippen LogP contribution is -2.44. The molecule has 1 aromatic carbocycles. The number of carboxylic acids is 1. The molecule has 1 atom stereocenters. The van der Waals surface area contributed by atoms with Crippen LogP contribution < -0.4 is 10.6 Å². The minimum atomic E-state index is -1.24. The first-order chi connectivity index (χ1) is 10.3. The molecular formula is C13H15N3O6. The first-order valence-electron chi connectivity index (χ1n) is 6.40. The number of nitro benzene ring substituents is 1. The largest absolute Gasteiger partial charge is 0.481 e. The number of non-ortho nitro benzene ring substituents is 1. The van der Waals surface area contributed by atoms with Gasteiger partial charge in [0.05, 0.1) is 11.3 Å². The predicted octanol–water partition coefficient (Wildman–Crippen LogP) is 0.903. The third-order valence-electron chi connectivity index (χ3n) is 2.70. The summed E-state index contributed by atoms with van der Waals surface area (Å²) in [5.41, 5.74) is 0.121. The first kappa shape index (κ1) is 17.1. The van der Waals surface area contributed by atoms with Crippen LogP contribution >= 0.6 is 0 Å². The third-order valence-corrected chi connectivity index (χ3v) is 2.70. The maximum absolute atomic E-state index is 12.0. The Balaban J connectivity index is 2.78. The summed E-state index contributed by atoms with van der Waals surface area (Å²) in [6.45, 7) is 1.57. The highest BCUT2D eigenvalue weighted by Crippen LogP contribution is 2.15. The monoisotopic (exact) mass is 309 g/mol. The van der Waals surface area contributed by atoms with E-state index in [1.54, 1.807) is 6.92 Å². The summed E-state index contributed by atoms with van der Waals surface area (Å²) < 4.78 is 0. The summed E-state index contributed by atoms with van der Waals surface area (Å²) in [6, 6.07) is 3.81. The second-order valence-electron chi connectivity index (χ2n) is 4.36. The number of nitrogens with one attached hydrogen (secondary N) is 2. The quantitative estimate of drug-likeness (QED) is 0.505. The van der Waals surface area contributed by atoms with E-state index < -0.39 is 35.2 Å². The van der Waals surface area contributed by atoms with E-state index in [-0.39, 0.29) is 17.8 Å². The van der Waals surface area contributed by atoms with E-state index in [1.807, 2.05) is 0 Å². The Kier molecular flexibility index (Phi) is 5.99. The van der Waals surface area contributed by atoms with Crippen LogP contribution in [0.5, 0.6) is 0 Å². The molecule has 3 N–H and O–H groups in total. The zero-order valence-electron chi connectivity index (χ0n) is 11.7. The van der Waals surface area contributed by atoms with Gasteiger partial charge in [-0.15, -0.1) is 0 Å². The minimum absolute atomic E-state index is 0.112. The lowest BCUT2D eigenvalue weighted by Gasteiger charge is -2.16. The van der Waals surface area contributed by atoms with Crippen molar-refractivity contribution < 1.29 is 24.4 Å². The first-order valence-corrected chi connectivity index (χ1v) is 6.40. The number of carbonyl (C=O) groups excluding carboxylic acids is 2. The van der Waals surface area contributed by atoms with Crippen molar-refractivity contribution in [1.29, 1.82) is 0 Å². The topological polar surface area (TPSA) is 139 Å². The van der Waals surface area contributed by atoms with Crippen molar-refractivity contribution in [2.75, 3.05) is 5.32 Å². The Hall–Kier alpha value is -2.97. The van der Waals surface area contributed by atoms with E-state index in [0.29, 0.717) is 0 Å². The molecule has 0 aliphatic rings. The normalized spacial score (nSPS) is 11.3. The van der Waals surface area contributed by atoms with Crippen LogP contribution in [-0.2, 0) is 14.4 Å². The Labute approximate surface area is 125 Å². The molecule has 2 amide bonds. The summed E-state index contributed by atoms with van der Waals surface area (Å²) in [6.07, 6.45) is -0.453. The second kappa shape index (κ2) is 7.72. The van der Waals surface area contributed by atoms with Gasteiger partial charge in [0.1, 0.15) is 6.04 Å². The number of aliphatic carboxylic acids is 1. The molecule has 0 aliphatic heterocycles. The van der Waals surface area contributed by atoms with Gasteiger partial charge in [-0.05, 0) is 12.1 Å². The Morgan fingerprint density at radius 2 is 1.86 bits per heavy atom. The molecule has 9 nitrogen and oxygen atoms in total. The molecule has 0 saturated carbocycles. The van der Waals surface area contributed by atoms with Crippen LogP contribution in [0.1, 0.15) is 19.8 Å². The lowest BCUT2D eigenvalue weighted by atomic mass is 10.1. The number of carbonyl (C=O) groups is 3. The Morgan fingerprint density at radius 1 is 1.27 bits per heavy atom. The molecule has 0 radical (unpaired) electrons. The van der Waals surface area contributed by atoms with E-state index in [0.717, 1.165) is 0 Å². The molecule has 1 aromatic rings. The van der Waals surface area contributed by atoms with Gasteiger partial charge in [0, 0.05) is 24.2 Å². The molecule has 0 saturated heterocycles. The SMILES string of the molecule is CCC(=O)N[C@@H](CC(=O)O)C(=O)Nc1ccc([N+](=O)[O-])cc1. The standard InChI is InChI=1S/C13H15N3O6/c1-2-11(17)15-10(7-12(18)19)13(20)14-8-3-5-9(6-4-8)16(21)22/h3-6,10H,2,7H2,1H3,(H,14,20)(H,15,17)(H,18,19)/t10-/m0/s1. The van der Waals surface area contributed by atoms with Crippen molar-refractivity contribution in [3.8, 4) is 0 Å². The number of rotatable bonds is 7. The van der Waals surface area contributed by atoms with Gasteiger partial charge in [-0.25, -0.2) is 0 Å². The maximum atomic E-state index is 12.0. The van der Waals surface area contributed by atoms with Crippen LogP contribution in [0.15, 0.2) is 24.3 Å². The molecule has 0 unspecified atom stereocenters. The summed E-state index contributed by atoms with van der Waals surface area (Å²) in [7, 11) is 0. The van der Waals surface area contributed by atoms with E-state index in [9.17, 15) is 24.5 Å². The fraction of sp³-hybridized carbons (Fsp3) is 0.308. The predicted molar refractivity (Wildman–Crippen MR) is 76.2 cm³/mol. The fourth-order valence-electron chi connectivity index (χ4n) is 1.58. The molecule has 0 heterocycles. The number of anilines is 1. The molecule has 0 spiro atoms. The Morgan fingerprint density at radius 3 is 2.32 bits per heavy atom. The van der Waals surface area contributed by atoms with Gasteiger partial charge in [0.15, 0.2) is 0 Å². The molecule has 0 aliphatic carbocycles. The van der Waals surface area contributed by atoms with Gasteiger partial charge in [0.2, 0.25) is 11.8 Å². The van der Waals surface area contributed by atoms with Gasteiger partial charge in [-0.2, -0.15) is 0 Å². The van der Waals surface area contributed by atoms with Crippen molar-refractivity contribution in [1.82, 2.24) is 5.32 Å². The van der Waals surface area contributed by atoms with Crippen LogP contribution in [0.25, 0.3) is 0 Å². The third kappa shape index (κ3) is 5.19. The summed E-state index contributed by atoms with van der Waals surface area (Å²) >= 11 is 0. The van der Waals surface area contributed by atoms with Gasteiger partial charge in [0.25, 0.3) is 5.69 Å². The van der Waals surface area contributed by atoms with Crippen LogP contribution in [0.4, 0.5) is 11.4 Å². The number of nitro groups is 1. The number of carboxylic acid groups (broad SMARTS) is 1. The molecule has 0 bridgehead atoms.